The van der Waals surface area contributed by atoms with Crippen LogP contribution in [0.2, 0.25) is 0 Å². The van der Waals surface area contributed by atoms with Gasteiger partial charge in [-0.05, 0) is 217 Å². The molecule has 23 nitrogen and oxygen atoms in total. The highest BCUT2D eigenvalue weighted by atomic mass is 16.5. The second kappa shape index (κ2) is 29.7. The quantitative estimate of drug-likeness (QED) is 0.0994. The molecule has 10 aromatic heterocycles. The minimum atomic E-state index is -0.0980. The summed E-state index contributed by atoms with van der Waals surface area (Å²) in [5, 5.41) is 9.29. The number of fused-ring (bicyclic) bond motifs is 5. The molecule has 5 fully saturated rings. The zero-order valence-electron chi connectivity index (χ0n) is 59.3. The van der Waals surface area contributed by atoms with Gasteiger partial charge in [0.1, 0.15) is 28.3 Å². The number of methoxy groups -OCH3 is 2. The first-order chi connectivity index (χ1) is 48.5. The number of pyridine rings is 3. The van der Waals surface area contributed by atoms with Crippen molar-refractivity contribution < 1.29 is 9.47 Å². The van der Waals surface area contributed by atoms with Gasteiger partial charge in [-0.2, -0.15) is 10.2 Å². The first-order valence-corrected chi connectivity index (χ1v) is 35.9. The van der Waals surface area contributed by atoms with E-state index < -0.39 is 0 Å². The molecule has 0 aliphatic carbocycles. The van der Waals surface area contributed by atoms with E-state index in [1.165, 1.54) is 110 Å². The lowest BCUT2D eigenvalue weighted by Gasteiger charge is -2.37. The number of nitrogens with zero attached hydrogens (tertiary/aromatic N) is 18. The van der Waals surface area contributed by atoms with Gasteiger partial charge < -0.3 is 38.9 Å². The lowest BCUT2D eigenvalue weighted by molar-refractivity contribution is 0.181. The summed E-state index contributed by atoms with van der Waals surface area (Å²) in [4.78, 5) is 77.0. The first-order valence-electron chi connectivity index (χ1n) is 35.9. The van der Waals surface area contributed by atoms with Crippen LogP contribution in [-0.2, 0) is 0 Å². The topological polar surface area (TPSA) is 201 Å². The molecule has 0 amide bonds. The zero-order chi connectivity index (χ0) is 69.1. The van der Waals surface area contributed by atoms with Crippen LogP contribution in [0, 0.1) is 45.4 Å². The Hall–Kier alpha value is -9.58. The van der Waals surface area contributed by atoms with Crippen molar-refractivity contribution in [3.63, 3.8) is 0 Å². The molecule has 23 heteroatoms. The second-order valence-corrected chi connectivity index (χ2v) is 28.4. The van der Waals surface area contributed by atoms with Crippen molar-refractivity contribution >= 4 is 45.0 Å². The number of ether oxygens (including phenoxy) is 2. The van der Waals surface area contributed by atoms with Gasteiger partial charge >= 0.3 is 0 Å². The summed E-state index contributed by atoms with van der Waals surface area (Å²) < 4.78 is 19.3. The molecule has 16 rings (SSSR count). The Bertz CT molecular complexity index is 4920. The Balaban J connectivity index is 0.000000128. The van der Waals surface area contributed by atoms with Crippen molar-refractivity contribution in [2.75, 3.05) is 128 Å². The van der Waals surface area contributed by atoms with Crippen LogP contribution in [0.1, 0.15) is 93.4 Å². The lowest BCUT2D eigenvalue weighted by atomic mass is 9.95. The van der Waals surface area contributed by atoms with Crippen molar-refractivity contribution in [1.29, 1.82) is 0 Å². The highest BCUT2D eigenvalue weighted by molar-refractivity contribution is 5.69. The maximum Gasteiger partial charge on any atom is 0.258 e. The third kappa shape index (κ3) is 15.1. The number of rotatable bonds is 14. The Morgan fingerprint density at radius 1 is 0.410 bits per heavy atom. The minimum absolute atomic E-state index is 0.0880. The van der Waals surface area contributed by atoms with E-state index in [-0.39, 0.29) is 16.7 Å². The van der Waals surface area contributed by atoms with Crippen LogP contribution in [0.15, 0.2) is 130 Å². The molecule has 0 atom stereocenters. The number of hydrogen-bond donors (Lipinski definition) is 0. The molecule has 0 radical (unpaired) electrons. The van der Waals surface area contributed by atoms with Crippen LogP contribution < -0.4 is 40.9 Å². The molecule has 5 aliphatic heterocycles. The lowest BCUT2D eigenvalue weighted by Crippen LogP contribution is -2.40. The van der Waals surface area contributed by atoms with Gasteiger partial charge in [0.2, 0.25) is 0 Å². The molecule has 5 saturated heterocycles. The maximum absolute atomic E-state index is 13.1. The molecular weight excluding hydrogens is 1260 g/mol. The fraction of sp³-hybridized carbons (Fsp3) is 0.455. The van der Waals surface area contributed by atoms with Crippen LogP contribution in [0.4, 0.5) is 17.1 Å². The van der Waals surface area contributed by atoms with Crippen molar-refractivity contribution in [2.45, 2.75) is 98.3 Å². The number of likely N-dealkylation sites (tertiary alicyclic amines) is 2. The van der Waals surface area contributed by atoms with Crippen molar-refractivity contribution in [2.24, 2.45) is 17.8 Å². The molecule has 0 unspecified atom stereocenters. The van der Waals surface area contributed by atoms with Gasteiger partial charge in [0.15, 0.2) is 11.5 Å². The average molecular weight is 1350 g/mol. The average Bonchev–Trinajstić information content (AvgIpc) is 1.80. The van der Waals surface area contributed by atoms with E-state index >= 15 is 0 Å². The summed E-state index contributed by atoms with van der Waals surface area (Å²) in [7, 11) is 7.45. The molecule has 1 aromatic carbocycles. The van der Waals surface area contributed by atoms with Crippen molar-refractivity contribution in [1.82, 2.24) is 72.0 Å². The summed E-state index contributed by atoms with van der Waals surface area (Å²) >= 11 is 0. The predicted octanol–water partition coefficient (Wildman–Crippen LogP) is 10.2. The van der Waals surface area contributed by atoms with Crippen LogP contribution in [-0.4, -0.2) is 185 Å². The highest BCUT2D eigenvalue weighted by Crippen LogP contribution is 2.33. The number of aryl methyl sites for hydroxylation is 4. The number of benzene rings is 1. The van der Waals surface area contributed by atoms with Gasteiger partial charge in [0.05, 0.1) is 94.6 Å². The third-order valence-electron chi connectivity index (χ3n) is 20.9. The van der Waals surface area contributed by atoms with Crippen molar-refractivity contribution in [3.05, 3.63) is 170 Å². The molecule has 11 aromatic rings. The van der Waals surface area contributed by atoms with Gasteiger partial charge in [-0.3, -0.25) is 37.6 Å². The van der Waals surface area contributed by atoms with Gasteiger partial charge in [-0.15, -0.1) is 0 Å². The Morgan fingerprint density at radius 2 is 0.800 bits per heavy atom. The maximum atomic E-state index is 13.1. The Labute approximate surface area is 583 Å². The molecule has 522 valence electrons. The normalized spacial score (nSPS) is 17.0. The molecular formula is C77H94N18O5. The largest absolute Gasteiger partial charge is 0.493 e. The van der Waals surface area contributed by atoms with Crippen molar-refractivity contribution in [3.8, 4) is 45.5 Å². The number of hydrogen-bond acceptors (Lipinski definition) is 18. The molecule has 5 aliphatic rings. The van der Waals surface area contributed by atoms with E-state index in [4.69, 9.17) is 24.4 Å². The van der Waals surface area contributed by atoms with Gasteiger partial charge in [-0.25, -0.2) is 24.0 Å². The SMILES string of the molecule is COc1ccc(-c2cc(=O)n3cc(N4CCC(CN(C)C)CC4)ccc3n2)cc1OC.Cc1cn2nc(-c3cc(=O)n4cc(N5CCC(CN6CCCC6)CC5)ccc4n3)cc2c(C)n1.Cc1cn2nc(-c3cc(=O)n4cc(N5CCC(CN6CCCCC6)CC5)ccc4n3)cc2c(C)n1. The first kappa shape index (κ1) is 67.6. The van der Waals surface area contributed by atoms with Crippen LogP contribution in [0.3, 0.4) is 0 Å². The molecule has 0 bridgehead atoms. The standard InChI is InChI=1S/C27H33N7O.C26H31N7O.C24H30N4O3/c1-19-16-34-25(20(2)28-19)14-24(30-34)23-15-27(35)33-18-22(6-7-26(33)29-23)32-12-8-21(9-13-32)17-31-10-4-3-5-11-31;1-18-15-33-24(19(2)27-18)13-23(29-33)22-14-26(34)32-17-21(5-6-25(32)28-22)31-11-7-20(8-12-31)16-30-9-3-4-10-30;1-26(2)15-17-9-11-27(12-10-17)19-6-8-23-25-20(14-24(29)28(23)16-19)18-5-7-21(30-3)22(13-18)31-4/h6-7,14-16,18,21H,3-5,8-13,17H2,1-2H3;5-6,13-15,17,20H,3-4,7-12,16H2,1-2H3;5-8,13-14,16-17H,9-12,15H2,1-4H3. The summed E-state index contributed by atoms with van der Waals surface area (Å²) in [6.07, 6.45) is 23.6. The van der Waals surface area contributed by atoms with Crippen LogP contribution in [0.25, 0.3) is 62.0 Å². The fourth-order valence-corrected chi connectivity index (χ4v) is 15.5. The second-order valence-electron chi connectivity index (χ2n) is 28.4. The number of piperidine rings is 4. The van der Waals surface area contributed by atoms with E-state index in [2.05, 4.69) is 81.9 Å². The molecule has 0 spiro atoms. The molecule has 15 heterocycles. The van der Waals surface area contributed by atoms with Gasteiger partial charge in [0.25, 0.3) is 16.7 Å². The summed E-state index contributed by atoms with van der Waals surface area (Å²) in [5.74, 6) is 3.55. The predicted molar refractivity (Wildman–Crippen MR) is 395 cm³/mol. The van der Waals surface area contributed by atoms with Crippen LogP contribution in [0.5, 0.6) is 11.5 Å². The monoisotopic (exact) mass is 1350 g/mol. The summed E-state index contributed by atoms with van der Waals surface area (Å²) in [6.45, 7) is 22.7. The minimum Gasteiger partial charge on any atom is -0.493 e. The zero-order valence-corrected chi connectivity index (χ0v) is 59.3. The van der Waals surface area contributed by atoms with Crippen LogP contribution >= 0.6 is 0 Å². The molecule has 0 saturated carbocycles. The van der Waals surface area contributed by atoms with E-state index in [0.29, 0.717) is 56.9 Å². The van der Waals surface area contributed by atoms with E-state index in [1.54, 1.807) is 45.6 Å². The van der Waals surface area contributed by atoms with Gasteiger partial charge in [-0.1, -0.05) is 6.42 Å². The third-order valence-corrected chi connectivity index (χ3v) is 20.9. The molecule has 0 N–H and O–H groups in total. The Morgan fingerprint density at radius 3 is 1.21 bits per heavy atom. The number of aromatic nitrogens is 12. The Kier molecular flexibility index (Phi) is 20.1. The van der Waals surface area contributed by atoms with E-state index in [0.717, 1.165) is 120 Å². The number of anilines is 3. The fourth-order valence-electron chi connectivity index (χ4n) is 15.5. The van der Waals surface area contributed by atoms with E-state index in [9.17, 15) is 14.4 Å². The smallest absolute Gasteiger partial charge is 0.258 e. The summed E-state index contributed by atoms with van der Waals surface area (Å²) in [6, 6.07) is 26.2. The summed E-state index contributed by atoms with van der Waals surface area (Å²) in [5.41, 5.74) is 14.3. The highest BCUT2D eigenvalue weighted by Gasteiger charge is 2.27. The van der Waals surface area contributed by atoms with E-state index in [1.807, 2.05) is 116 Å². The molecule has 100 heavy (non-hydrogen) atoms. The van der Waals surface area contributed by atoms with Gasteiger partial charge in [0, 0.05) is 101 Å².